The molecule has 1 aliphatic heterocycles. The van der Waals surface area contributed by atoms with Gasteiger partial charge >= 0.3 is 0 Å². The third-order valence-corrected chi connectivity index (χ3v) is 5.05. The molecule has 122 valence electrons. The van der Waals surface area contributed by atoms with Crippen molar-refractivity contribution in [1.29, 1.82) is 0 Å². The van der Waals surface area contributed by atoms with Crippen LogP contribution in [0, 0.1) is 0 Å². The number of piperidine rings is 1. The van der Waals surface area contributed by atoms with Gasteiger partial charge in [0.05, 0.1) is 0 Å². The number of ether oxygens (including phenoxy) is 1. The van der Waals surface area contributed by atoms with Crippen LogP contribution in [0.5, 0.6) is 5.75 Å². The molecule has 0 spiro atoms. The number of hydrogen-bond acceptors (Lipinski definition) is 2. The quantitative estimate of drug-likeness (QED) is 0.795. The standard InChI is InChI=1S/C21H27NO/c1-17-8-6-12-20(22(17)2)14-19-11-7-13-21(15-19)23-16-18-9-4-3-5-10-18/h3-5,7,9-11,13,15,17,20H,6,8,12,14,16H2,1-2H3. The number of hydrogen-bond donors (Lipinski definition) is 0. The van der Waals surface area contributed by atoms with Crippen molar-refractivity contribution >= 4 is 0 Å². The lowest BCUT2D eigenvalue weighted by Crippen LogP contribution is -2.43. The topological polar surface area (TPSA) is 12.5 Å². The Morgan fingerprint density at radius 3 is 2.61 bits per heavy atom. The van der Waals surface area contributed by atoms with E-state index in [4.69, 9.17) is 4.74 Å². The lowest BCUT2D eigenvalue weighted by Gasteiger charge is -2.38. The van der Waals surface area contributed by atoms with E-state index in [1.54, 1.807) is 0 Å². The van der Waals surface area contributed by atoms with E-state index in [1.807, 2.05) is 6.07 Å². The van der Waals surface area contributed by atoms with Crippen LogP contribution in [0.25, 0.3) is 0 Å². The largest absolute Gasteiger partial charge is 0.489 e. The van der Waals surface area contributed by atoms with Gasteiger partial charge in [0.2, 0.25) is 0 Å². The highest BCUT2D eigenvalue weighted by atomic mass is 16.5. The molecule has 0 N–H and O–H groups in total. The monoisotopic (exact) mass is 309 g/mol. The van der Waals surface area contributed by atoms with E-state index in [9.17, 15) is 0 Å². The minimum absolute atomic E-state index is 0.630. The van der Waals surface area contributed by atoms with E-state index in [-0.39, 0.29) is 0 Å². The predicted molar refractivity (Wildman–Crippen MR) is 95.8 cm³/mol. The molecule has 2 aromatic rings. The van der Waals surface area contributed by atoms with E-state index in [2.05, 4.69) is 67.4 Å². The summed E-state index contributed by atoms with van der Waals surface area (Å²) in [6.07, 6.45) is 5.09. The van der Waals surface area contributed by atoms with Crippen LogP contribution >= 0.6 is 0 Å². The predicted octanol–water partition coefficient (Wildman–Crippen LogP) is 4.68. The SMILES string of the molecule is CC1CCCC(Cc2cccc(OCc3ccccc3)c2)N1C. The van der Waals surface area contributed by atoms with Crippen molar-refractivity contribution in [2.45, 2.75) is 51.3 Å². The van der Waals surface area contributed by atoms with Crippen molar-refractivity contribution in [3.05, 3.63) is 65.7 Å². The third kappa shape index (κ3) is 4.35. The second kappa shape index (κ2) is 7.65. The van der Waals surface area contributed by atoms with Gasteiger partial charge in [-0.15, -0.1) is 0 Å². The first kappa shape index (κ1) is 16.1. The van der Waals surface area contributed by atoms with Gasteiger partial charge in [-0.25, -0.2) is 0 Å². The van der Waals surface area contributed by atoms with E-state index >= 15 is 0 Å². The summed E-state index contributed by atoms with van der Waals surface area (Å²) in [4.78, 5) is 2.54. The Labute approximate surface area is 140 Å². The molecule has 2 unspecified atom stereocenters. The molecule has 0 radical (unpaired) electrons. The minimum atomic E-state index is 0.630. The molecular formula is C21H27NO. The van der Waals surface area contributed by atoms with Gasteiger partial charge in [0.1, 0.15) is 12.4 Å². The highest BCUT2D eigenvalue weighted by Gasteiger charge is 2.24. The Morgan fingerprint density at radius 1 is 1.00 bits per heavy atom. The molecule has 2 aromatic carbocycles. The third-order valence-electron chi connectivity index (χ3n) is 5.05. The molecule has 3 rings (SSSR count). The Bertz CT molecular complexity index is 610. The molecule has 0 bridgehead atoms. The summed E-state index contributed by atoms with van der Waals surface area (Å²) in [6.45, 7) is 2.97. The lowest BCUT2D eigenvalue weighted by atomic mass is 9.92. The Balaban J connectivity index is 1.61. The van der Waals surface area contributed by atoms with Gasteiger partial charge in [0.15, 0.2) is 0 Å². The van der Waals surface area contributed by atoms with Crippen molar-refractivity contribution in [3.63, 3.8) is 0 Å². The molecule has 2 atom stereocenters. The fourth-order valence-electron chi connectivity index (χ4n) is 3.44. The van der Waals surface area contributed by atoms with Crippen LogP contribution in [-0.2, 0) is 13.0 Å². The summed E-state index contributed by atoms with van der Waals surface area (Å²) in [5.41, 5.74) is 2.58. The van der Waals surface area contributed by atoms with Crippen LogP contribution < -0.4 is 4.74 Å². The number of likely N-dealkylation sites (tertiary alicyclic amines) is 1. The molecule has 0 saturated carbocycles. The molecule has 1 aliphatic rings. The second-order valence-electron chi connectivity index (χ2n) is 6.73. The lowest BCUT2D eigenvalue weighted by molar-refractivity contribution is 0.125. The Hall–Kier alpha value is -1.80. The summed E-state index contributed by atoms with van der Waals surface area (Å²) in [5.74, 6) is 0.970. The fourth-order valence-corrected chi connectivity index (χ4v) is 3.44. The summed E-state index contributed by atoms with van der Waals surface area (Å²) in [6, 6.07) is 20.3. The Kier molecular flexibility index (Phi) is 5.35. The van der Waals surface area contributed by atoms with Crippen LogP contribution in [0.3, 0.4) is 0 Å². The molecule has 2 nitrogen and oxygen atoms in total. The van der Waals surface area contributed by atoms with Gasteiger partial charge in [-0.1, -0.05) is 48.9 Å². The summed E-state index contributed by atoms with van der Waals surface area (Å²) in [5, 5.41) is 0. The van der Waals surface area contributed by atoms with Gasteiger partial charge < -0.3 is 9.64 Å². The first-order chi connectivity index (χ1) is 11.2. The smallest absolute Gasteiger partial charge is 0.120 e. The maximum Gasteiger partial charge on any atom is 0.120 e. The number of nitrogens with zero attached hydrogens (tertiary/aromatic N) is 1. The van der Waals surface area contributed by atoms with E-state index in [0.29, 0.717) is 18.7 Å². The molecule has 2 heteroatoms. The number of benzene rings is 2. The molecule has 0 amide bonds. The summed E-state index contributed by atoms with van der Waals surface area (Å²) in [7, 11) is 2.27. The van der Waals surface area contributed by atoms with Gasteiger partial charge in [-0.3, -0.25) is 0 Å². The van der Waals surface area contributed by atoms with Gasteiger partial charge in [0, 0.05) is 12.1 Å². The number of rotatable bonds is 5. The maximum absolute atomic E-state index is 5.96. The highest BCUT2D eigenvalue weighted by molar-refractivity contribution is 5.29. The molecular weight excluding hydrogens is 282 g/mol. The summed E-state index contributed by atoms with van der Waals surface area (Å²) < 4.78 is 5.96. The zero-order valence-electron chi connectivity index (χ0n) is 14.2. The average molecular weight is 309 g/mol. The van der Waals surface area contributed by atoms with Crippen LogP contribution in [0.2, 0.25) is 0 Å². The fraction of sp³-hybridized carbons (Fsp3) is 0.429. The van der Waals surface area contributed by atoms with Gasteiger partial charge in [-0.2, -0.15) is 0 Å². The van der Waals surface area contributed by atoms with Crippen LogP contribution in [0.1, 0.15) is 37.3 Å². The van der Waals surface area contributed by atoms with Crippen LogP contribution in [0.15, 0.2) is 54.6 Å². The first-order valence-corrected chi connectivity index (χ1v) is 8.70. The van der Waals surface area contributed by atoms with E-state index < -0.39 is 0 Å². The number of likely N-dealkylation sites (N-methyl/N-ethyl adjacent to an activating group) is 1. The molecule has 0 aromatic heterocycles. The van der Waals surface area contributed by atoms with Crippen molar-refractivity contribution in [1.82, 2.24) is 4.90 Å². The Morgan fingerprint density at radius 2 is 1.78 bits per heavy atom. The van der Waals surface area contributed by atoms with Crippen molar-refractivity contribution in [3.8, 4) is 5.75 Å². The van der Waals surface area contributed by atoms with Crippen molar-refractivity contribution < 1.29 is 4.74 Å². The van der Waals surface area contributed by atoms with Crippen LogP contribution in [0.4, 0.5) is 0 Å². The van der Waals surface area contributed by atoms with Gasteiger partial charge in [-0.05, 0) is 56.5 Å². The normalized spacial score (nSPS) is 22.0. The van der Waals surface area contributed by atoms with Gasteiger partial charge in [0.25, 0.3) is 0 Å². The zero-order chi connectivity index (χ0) is 16.1. The molecule has 0 aliphatic carbocycles. The average Bonchev–Trinajstić information content (AvgIpc) is 2.59. The molecule has 23 heavy (non-hydrogen) atoms. The van der Waals surface area contributed by atoms with E-state index in [0.717, 1.165) is 12.2 Å². The second-order valence-corrected chi connectivity index (χ2v) is 6.73. The molecule has 1 fully saturated rings. The van der Waals surface area contributed by atoms with Crippen LogP contribution in [-0.4, -0.2) is 24.0 Å². The molecule has 1 saturated heterocycles. The maximum atomic E-state index is 5.96. The van der Waals surface area contributed by atoms with Crippen molar-refractivity contribution in [2.75, 3.05) is 7.05 Å². The minimum Gasteiger partial charge on any atom is -0.489 e. The zero-order valence-corrected chi connectivity index (χ0v) is 14.2. The van der Waals surface area contributed by atoms with E-state index in [1.165, 1.54) is 30.4 Å². The highest BCUT2D eigenvalue weighted by Crippen LogP contribution is 2.25. The molecule has 1 heterocycles. The van der Waals surface area contributed by atoms with Crippen molar-refractivity contribution in [2.24, 2.45) is 0 Å². The summed E-state index contributed by atoms with van der Waals surface area (Å²) >= 11 is 0. The first-order valence-electron chi connectivity index (χ1n) is 8.70.